The molecule has 1 aliphatic heterocycles. The van der Waals surface area contributed by atoms with Crippen LogP contribution in [0.25, 0.3) is 0 Å². The third-order valence-electron chi connectivity index (χ3n) is 3.99. The van der Waals surface area contributed by atoms with Gasteiger partial charge in [0.1, 0.15) is 0 Å². The van der Waals surface area contributed by atoms with Crippen molar-refractivity contribution in [2.45, 2.75) is 58.0 Å². The lowest BCUT2D eigenvalue weighted by Crippen LogP contribution is -2.70. The molecule has 17 heavy (non-hydrogen) atoms. The van der Waals surface area contributed by atoms with E-state index in [1.165, 1.54) is 6.42 Å². The van der Waals surface area contributed by atoms with Crippen LogP contribution in [-0.2, 0) is 4.74 Å². The molecule has 2 aliphatic rings. The molecule has 0 N–H and O–H groups in total. The van der Waals surface area contributed by atoms with Crippen LogP contribution >= 0.6 is 0 Å². The zero-order valence-electron chi connectivity index (χ0n) is 10.9. The number of unbranched alkanes of at least 4 members (excludes halogenated alkanes) is 1. The minimum Gasteiger partial charge on any atom is -0.449 e. The summed E-state index contributed by atoms with van der Waals surface area (Å²) in [5.74, 6) is 0.713. The van der Waals surface area contributed by atoms with Gasteiger partial charge in [0.2, 0.25) is 0 Å². The lowest BCUT2D eigenvalue weighted by molar-refractivity contribution is -0.104. The highest BCUT2D eigenvalue weighted by atomic mass is 16.6. The van der Waals surface area contributed by atoms with Gasteiger partial charge in [-0.1, -0.05) is 18.9 Å². The second kappa shape index (κ2) is 5.11. The molecule has 0 aromatic carbocycles. The molecule has 3 heteroatoms. The standard InChI is InChI=1S/C14H23NO2/c1-4-5-8-17-14(16)15-12-7-6-11(12)13(15)9-10(2)3/h11-13H,2,4-9H2,1,3H3. The van der Waals surface area contributed by atoms with Crippen LogP contribution in [0.15, 0.2) is 12.2 Å². The molecule has 0 aromatic rings. The lowest BCUT2D eigenvalue weighted by Gasteiger charge is -2.61. The number of ether oxygens (including phenoxy) is 1. The maximum absolute atomic E-state index is 12.0. The topological polar surface area (TPSA) is 29.5 Å². The minimum absolute atomic E-state index is 0.106. The molecule has 0 spiro atoms. The van der Waals surface area contributed by atoms with Crippen molar-refractivity contribution in [3.05, 3.63) is 12.2 Å². The van der Waals surface area contributed by atoms with Crippen LogP contribution in [0.2, 0.25) is 0 Å². The Morgan fingerprint density at radius 3 is 2.76 bits per heavy atom. The summed E-state index contributed by atoms with van der Waals surface area (Å²) in [7, 11) is 0. The Labute approximate surface area is 104 Å². The summed E-state index contributed by atoms with van der Waals surface area (Å²) >= 11 is 0. The molecule has 96 valence electrons. The molecule has 2 rings (SSSR count). The number of carbonyl (C=O) groups excluding carboxylic acids is 1. The highest BCUT2D eigenvalue weighted by molar-refractivity contribution is 5.70. The van der Waals surface area contributed by atoms with Gasteiger partial charge in [0.05, 0.1) is 6.61 Å². The number of hydrogen-bond acceptors (Lipinski definition) is 2. The van der Waals surface area contributed by atoms with E-state index in [1.807, 2.05) is 11.8 Å². The number of carbonyl (C=O) groups is 1. The van der Waals surface area contributed by atoms with Gasteiger partial charge in [-0.05, 0) is 32.6 Å². The molecule has 0 radical (unpaired) electrons. The Morgan fingerprint density at radius 2 is 2.24 bits per heavy atom. The van der Waals surface area contributed by atoms with E-state index in [-0.39, 0.29) is 6.09 Å². The lowest BCUT2D eigenvalue weighted by atomic mass is 9.64. The number of rotatable bonds is 5. The summed E-state index contributed by atoms with van der Waals surface area (Å²) in [6.45, 7) is 8.64. The Kier molecular flexibility index (Phi) is 3.75. The van der Waals surface area contributed by atoms with Gasteiger partial charge >= 0.3 is 6.09 Å². The first-order valence-corrected chi connectivity index (χ1v) is 6.74. The summed E-state index contributed by atoms with van der Waals surface area (Å²) in [5, 5.41) is 0. The Morgan fingerprint density at radius 1 is 1.47 bits per heavy atom. The highest BCUT2D eigenvalue weighted by Crippen LogP contribution is 2.49. The fraction of sp³-hybridized carbons (Fsp3) is 0.786. The molecule has 2 fully saturated rings. The Hall–Kier alpha value is -0.990. The van der Waals surface area contributed by atoms with Crippen molar-refractivity contribution in [1.29, 1.82) is 0 Å². The molecule has 1 aliphatic carbocycles. The zero-order chi connectivity index (χ0) is 12.4. The van der Waals surface area contributed by atoms with Crippen LogP contribution in [0, 0.1) is 5.92 Å². The number of piperidine rings is 1. The first-order valence-electron chi connectivity index (χ1n) is 6.74. The molecule has 1 saturated carbocycles. The van der Waals surface area contributed by atoms with Gasteiger partial charge in [-0.15, -0.1) is 6.58 Å². The van der Waals surface area contributed by atoms with E-state index < -0.39 is 0 Å². The van der Waals surface area contributed by atoms with Gasteiger partial charge in [-0.3, -0.25) is 0 Å². The quantitative estimate of drug-likeness (QED) is 0.542. The molecule has 3 unspecified atom stereocenters. The van der Waals surface area contributed by atoms with Crippen molar-refractivity contribution in [2.75, 3.05) is 6.61 Å². The number of hydrogen-bond donors (Lipinski definition) is 0. The van der Waals surface area contributed by atoms with Gasteiger partial charge in [-0.25, -0.2) is 4.79 Å². The van der Waals surface area contributed by atoms with Gasteiger partial charge in [-0.2, -0.15) is 0 Å². The molecule has 0 aromatic heterocycles. The third-order valence-corrected chi connectivity index (χ3v) is 3.99. The fourth-order valence-corrected chi connectivity index (χ4v) is 2.91. The van der Waals surface area contributed by atoms with E-state index >= 15 is 0 Å². The summed E-state index contributed by atoms with van der Waals surface area (Å²) in [6, 6.07) is 0.828. The van der Waals surface area contributed by atoms with Crippen molar-refractivity contribution >= 4 is 6.09 Å². The van der Waals surface area contributed by atoms with Crippen molar-refractivity contribution in [2.24, 2.45) is 5.92 Å². The number of amides is 1. The van der Waals surface area contributed by atoms with Crippen LogP contribution in [-0.4, -0.2) is 29.7 Å². The van der Waals surface area contributed by atoms with Gasteiger partial charge in [0, 0.05) is 18.0 Å². The monoisotopic (exact) mass is 237 g/mol. The first kappa shape index (κ1) is 12.5. The van der Waals surface area contributed by atoms with Crippen molar-refractivity contribution in [1.82, 2.24) is 4.90 Å². The predicted molar refractivity (Wildman–Crippen MR) is 67.8 cm³/mol. The molecular weight excluding hydrogens is 214 g/mol. The van der Waals surface area contributed by atoms with Gasteiger partial charge < -0.3 is 9.64 Å². The minimum atomic E-state index is -0.106. The number of likely N-dealkylation sites (tertiary alicyclic amines) is 1. The van der Waals surface area contributed by atoms with Crippen LogP contribution < -0.4 is 0 Å². The van der Waals surface area contributed by atoms with E-state index in [4.69, 9.17) is 4.74 Å². The average molecular weight is 237 g/mol. The summed E-state index contributed by atoms with van der Waals surface area (Å²) in [6.07, 6.45) is 5.27. The van der Waals surface area contributed by atoms with E-state index in [1.54, 1.807) is 0 Å². The largest absolute Gasteiger partial charge is 0.449 e. The van der Waals surface area contributed by atoms with Crippen molar-refractivity contribution in [3.63, 3.8) is 0 Å². The molecule has 3 nitrogen and oxygen atoms in total. The van der Waals surface area contributed by atoms with Gasteiger partial charge in [0.25, 0.3) is 0 Å². The first-order chi connectivity index (χ1) is 8.15. The summed E-state index contributed by atoms with van der Waals surface area (Å²) in [4.78, 5) is 13.9. The molecule has 0 bridgehead atoms. The molecule has 1 amide bonds. The Bertz CT molecular complexity index is 313. The van der Waals surface area contributed by atoms with E-state index in [2.05, 4.69) is 13.5 Å². The van der Waals surface area contributed by atoms with Crippen LogP contribution in [0.3, 0.4) is 0 Å². The third kappa shape index (κ3) is 2.33. The smallest absolute Gasteiger partial charge is 0.410 e. The van der Waals surface area contributed by atoms with Gasteiger partial charge in [0.15, 0.2) is 0 Å². The van der Waals surface area contributed by atoms with Crippen LogP contribution in [0.5, 0.6) is 0 Å². The van der Waals surface area contributed by atoms with Crippen molar-refractivity contribution in [3.8, 4) is 0 Å². The SMILES string of the molecule is C=C(C)CC1C2CCC2N1C(=O)OCCCC. The second-order valence-electron chi connectivity index (χ2n) is 5.41. The fourth-order valence-electron chi connectivity index (χ4n) is 2.91. The van der Waals surface area contributed by atoms with E-state index in [0.29, 0.717) is 24.6 Å². The van der Waals surface area contributed by atoms with Crippen molar-refractivity contribution < 1.29 is 9.53 Å². The van der Waals surface area contributed by atoms with Crippen LogP contribution in [0.4, 0.5) is 4.79 Å². The molecule has 1 heterocycles. The maximum atomic E-state index is 12.0. The predicted octanol–water partition coefficient (Wildman–Crippen LogP) is 3.35. The number of nitrogens with zero attached hydrogens (tertiary/aromatic N) is 1. The zero-order valence-corrected chi connectivity index (χ0v) is 10.9. The Balaban J connectivity index is 1.85. The second-order valence-corrected chi connectivity index (χ2v) is 5.41. The van der Waals surface area contributed by atoms with E-state index in [0.717, 1.165) is 31.3 Å². The molecule has 1 saturated heterocycles. The highest BCUT2D eigenvalue weighted by Gasteiger charge is 2.56. The number of fused-ring (bicyclic) bond motifs is 1. The summed E-state index contributed by atoms with van der Waals surface area (Å²) < 4.78 is 5.31. The maximum Gasteiger partial charge on any atom is 0.410 e. The van der Waals surface area contributed by atoms with E-state index in [9.17, 15) is 4.79 Å². The normalized spacial score (nSPS) is 30.0. The molecule has 3 atom stereocenters. The summed E-state index contributed by atoms with van der Waals surface area (Å²) in [5.41, 5.74) is 1.16. The molecular formula is C14H23NO2. The van der Waals surface area contributed by atoms with Crippen LogP contribution in [0.1, 0.15) is 46.0 Å². The average Bonchev–Trinajstić information content (AvgIpc) is 2.23.